The lowest BCUT2D eigenvalue weighted by Crippen LogP contribution is -2.07. The van der Waals surface area contributed by atoms with Crippen LogP contribution in [-0.2, 0) is 19.1 Å². The molecule has 0 aromatic carbocycles. The summed E-state index contributed by atoms with van der Waals surface area (Å²) in [5, 5.41) is 0. The number of hydrogen-bond acceptors (Lipinski definition) is 4. The van der Waals surface area contributed by atoms with Crippen molar-refractivity contribution in [1.29, 1.82) is 0 Å². The maximum atomic E-state index is 11.1. The summed E-state index contributed by atoms with van der Waals surface area (Å²) >= 11 is 0. The molecule has 0 spiro atoms. The number of esters is 2. The number of carbonyl (C=O) groups excluding carboxylic acids is 2. The van der Waals surface area contributed by atoms with Crippen molar-refractivity contribution in [2.24, 2.45) is 0 Å². The Morgan fingerprint density at radius 1 is 0.783 bits per heavy atom. The highest BCUT2D eigenvalue weighted by atomic mass is 16.5. The number of unbranched alkanes of at least 4 members (excludes halogenated alkanes) is 4. The second kappa shape index (κ2) is 16.8. The first-order chi connectivity index (χ1) is 10.9. The summed E-state index contributed by atoms with van der Waals surface area (Å²) < 4.78 is 9.81. The Morgan fingerprint density at radius 3 is 1.78 bits per heavy atom. The fourth-order valence-corrected chi connectivity index (χ4v) is 1.37. The van der Waals surface area contributed by atoms with E-state index in [9.17, 15) is 9.59 Å². The van der Waals surface area contributed by atoms with Crippen LogP contribution < -0.4 is 0 Å². The van der Waals surface area contributed by atoms with Crippen LogP contribution in [0.4, 0.5) is 0 Å². The Kier molecular flexibility index (Phi) is 17.3. The third-order valence-corrected chi connectivity index (χ3v) is 3.03. The molecule has 0 atom stereocenters. The molecule has 0 rings (SSSR count). The zero-order chi connectivity index (χ0) is 18.1. The van der Waals surface area contributed by atoms with Gasteiger partial charge in [-0.15, -0.1) is 0 Å². The Morgan fingerprint density at radius 2 is 1.30 bits per heavy atom. The van der Waals surface area contributed by atoms with Crippen LogP contribution in [0, 0.1) is 0 Å². The average molecular weight is 326 g/mol. The molecule has 0 unspecified atom stereocenters. The third-order valence-electron chi connectivity index (χ3n) is 3.03. The van der Waals surface area contributed by atoms with E-state index in [1.807, 2.05) is 6.92 Å². The molecule has 0 aliphatic heterocycles. The van der Waals surface area contributed by atoms with E-state index in [0.717, 1.165) is 25.7 Å². The van der Waals surface area contributed by atoms with Crippen molar-refractivity contribution in [3.05, 3.63) is 24.3 Å². The van der Waals surface area contributed by atoms with Crippen LogP contribution in [0.15, 0.2) is 24.3 Å². The molecule has 0 N–H and O–H groups in total. The highest BCUT2D eigenvalue weighted by molar-refractivity contribution is 5.87. The molecule has 0 saturated heterocycles. The minimum absolute atomic E-state index is 0.237. The second-order valence-corrected chi connectivity index (χ2v) is 5.42. The molecule has 23 heavy (non-hydrogen) atoms. The molecule has 0 fully saturated rings. The summed E-state index contributed by atoms with van der Waals surface area (Å²) in [7, 11) is 0. The number of rotatable bonds is 11. The standard InChI is InChI=1S/C11H20O2.C8H14O2/c1-4-6-7-8-9-13-11(12)10(3)5-2;1-4-5-6-10-8(9)7(2)3/h3-9H2,1-2H3;2,4-6H2,1,3H3. The van der Waals surface area contributed by atoms with Gasteiger partial charge in [-0.1, -0.05) is 59.6 Å². The molecule has 4 heteroatoms. The van der Waals surface area contributed by atoms with Gasteiger partial charge in [-0.25, -0.2) is 9.59 Å². The minimum atomic E-state index is -0.284. The summed E-state index contributed by atoms with van der Waals surface area (Å²) in [6.07, 6.45) is 7.18. The molecule has 0 bridgehead atoms. The lowest BCUT2D eigenvalue weighted by atomic mass is 10.2. The summed E-state index contributed by atoms with van der Waals surface area (Å²) in [6, 6.07) is 0. The van der Waals surface area contributed by atoms with Gasteiger partial charge in [0.25, 0.3) is 0 Å². The van der Waals surface area contributed by atoms with Gasteiger partial charge in [-0.05, 0) is 26.2 Å². The van der Waals surface area contributed by atoms with Crippen molar-refractivity contribution in [2.45, 2.75) is 72.6 Å². The van der Waals surface area contributed by atoms with Crippen molar-refractivity contribution >= 4 is 11.9 Å². The SMILES string of the molecule is C=C(C)C(=O)OCCCC.C=C(CC)C(=O)OCCCCCC. The van der Waals surface area contributed by atoms with E-state index in [1.54, 1.807) is 6.92 Å². The molecule has 134 valence electrons. The van der Waals surface area contributed by atoms with E-state index in [4.69, 9.17) is 9.47 Å². The molecule has 0 amide bonds. The first kappa shape index (κ1) is 23.7. The van der Waals surface area contributed by atoms with Gasteiger partial charge in [0.2, 0.25) is 0 Å². The average Bonchev–Trinajstić information content (AvgIpc) is 2.54. The Bertz CT molecular complexity index is 358. The van der Waals surface area contributed by atoms with E-state index in [1.165, 1.54) is 12.8 Å². The maximum Gasteiger partial charge on any atom is 0.333 e. The molecule has 0 aromatic rings. The van der Waals surface area contributed by atoms with Crippen LogP contribution in [0.2, 0.25) is 0 Å². The van der Waals surface area contributed by atoms with Crippen molar-refractivity contribution in [3.63, 3.8) is 0 Å². The Balaban J connectivity index is 0. The van der Waals surface area contributed by atoms with Gasteiger partial charge in [0.05, 0.1) is 13.2 Å². The van der Waals surface area contributed by atoms with Gasteiger partial charge in [0.1, 0.15) is 0 Å². The Labute approximate surface area is 141 Å². The highest BCUT2D eigenvalue weighted by Gasteiger charge is 2.04. The zero-order valence-electron chi connectivity index (χ0n) is 15.4. The smallest absolute Gasteiger partial charge is 0.333 e. The van der Waals surface area contributed by atoms with Gasteiger partial charge >= 0.3 is 11.9 Å². The van der Waals surface area contributed by atoms with Crippen LogP contribution in [-0.4, -0.2) is 25.2 Å². The van der Waals surface area contributed by atoms with Gasteiger partial charge < -0.3 is 9.47 Å². The lowest BCUT2D eigenvalue weighted by molar-refractivity contribution is -0.140. The molecule has 0 radical (unpaired) electrons. The molecule has 4 nitrogen and oxygen atoms in total. The second-order valence-electron chi connectivity index (χ2n) is 5.42. The van der Waals surface area contributed by atoms with Crippen molar-refractivity contribution in [1.82, 2.24) is 0 Å². The first-order valence-electron chi connectivity index (χ1n) is 8.58. The number of ether oxygens (including phenoxy) is 2. The predicted octanol–water partition coefficient (Wildman–Crippen LogP) is 4.98. The monoisotopic (exact) mass is 326 g/mol. The van der Waals surface area contributed by atoms with Crippen LogP contribution in [0.1, 0.15) is 72.6 Å². The molecule has 0 aliphatic rings. The summed E-state index contributed by atoms with van der Waals surface area (Å²) in [5.41, 5.74) is 1.03. The minimum Gasteiger partial charge on any atom is -0.462 e. The van der Waals surface area contributed by atoms with Crippen LogP contribution in [0.3, 0.4) is 0 Å². The molecule has 0 heterocycles. The van der Waals surface area contributed by atoms with Gasteiger partial charge in [-0.3, -0.25) is 0 Å². The lowest BCUT2D eigenvalue weighted by Gasteiger charge is -2.04. The zero-order valence-corrected chi connectivity index (χ0v) is 15.4. The van der Waals surface area contributed by atoms with Crippen LogP contribution in [0.5, 0.6) is 0 Å². The van der Waals surface area contributed by atoms with Gasteiger partial charge in [-0.2, -0.15) is 0 Å². The van der Waals surface area contributed by atoms with Crippen LogP contribution in [0.25, 0.3) is 0 Å². The van der Waals surface area contributed by atoms with Gasteiger partial charge in [0.15, 0.2) is 0 Å². The van der Waals surface area contributed by atoms with E-state index < -0.39 is 0 Å². The van der Waals surface area contributed by atoms with E-state index in [-0.39, 0.29) is 11.9 Å². The molecular weight excluding hydrogens is 292 g/mol. The Hall–Kier alpha value is -1.58. The van der Waals surface area contributed by atoms with Crippen molar-refractivity contribution < 1.29 is 19.1 Å². The quantitative estimate of drug-likeness (QED) is 0.305. The van der Waals surface area contributed by atoms with Crippen molar-refractivity contribution in [2.75, 3.05) is 13.2 Å². The molecule has 0 aromatic heterocycles. The van der Waals surface area contributed by atoms with E-state index >= 15 is 0 Å². The molecular formula is C19H34O4. The van der Waals surface area contributed by atoms with E-state index in [2.05, 4.69) is 27.0 Å². The van der Waals surface area contributed by atoms with Crippen molar-refractivity contribution in [3.8, 4) is 0 Å². The molecule has 0 saturated carbocycles. The number of hydrogen-bond donors (Lipinski definition) is 0. The van der Waals surface area contributed by atoms with Gasteiger partial charge in [0, 0.05) is 11.1 Å². The summed E-state index contributed by atoms with van der Waals surface area (Å²) in [5.74, 6) is -0.521. The highest BCUT2D eigenvalue weighted by Crippen LogP contribution is 2.03. The summed E-state index contributed by atoms with van der Waals surface area (Å²) in [6.45, 7) is 15.9. The fraction of sp³-hybridized carbons (Fsp3) is 0.684. The topological polar surface area (TPSA) is 52.6 Å². The van der Waals surface area contributed by atoms with E-state index in [0.29, 0.717) is 30.8 Å². The third kappa shape index (κ3) is 16.6. The number of carbonyl (C=O) groups is 2. The predicted molar refractivity (Wildman–Crippen MR) is 95.2 cm³/mol. The fourth-order valence-electron chi connectivity index (χ4n) is 1.37. The van der Waals surface area contributed by atoms with Crippen LogP contribution >= 0.6 is 0 Å². The normalized spacial score (nSPS) is 9.39. The largest absolute Gasteiger partial charge is 0.462 e. The maximum absolute atomic E-state index is 11.1. The first-order valence-corrected chi connectivity index (χ1v) is 8.58. The summed E-state index contributed by atoms with van der Waals surface area (Å²) in [4.78, 5) is 21.8. The molecule has 0 aliphatic carbocycles.